The lowest BCUT2D eigenvalue weighted by Crippen LogP contribution is -2.37. The van der Waals surface area contributed by atoms with Gasteiger partial charge in [0.15, 0.2) is 5.78 Å². The van der Waals surface area contributed by atoms with Gasteiger partial charge in [0, 0.05) is 17.6 Å². The van der Waals surface area contributed by atoms with Crippen molar-refractivity contribution < 1.29 is 19.4 Å². The highest BCUT2D eigenvalue weighted by atomic mass is 16.5. The maximum Gasteiger partial charge on any atom is 0.334 e. The quantitative estimate of drug-likeness (QED) is 0.589. The SMILES string of the molecule is C=C1CCC2CCC(C(=O)OCC)=C(C(=O)CC(C)=CC(O)C1)C2(C)C. The second-order valence-corrected chi connectivity index (χ2v) is 8.20. The molecule has 1 N–H and O–H groups in total. The first-order valence-corrected chi connectivity index (χ1v) is 9.62. The van der Waals surface area contributed by atoms with E-state index in [1.807, 2.05) is 6.92 Å². The average molecular weight is 360 g/mol. The van der Waals surface area contributed by atoms with E-state index in [-0.39, 0.29) is 23.6 Å². The van der Waals surface area contributed by atoms with Gasteiger partial charge in [-0.2, -0.15) is 0 Å². The number of carbonyl (C=O) groups excluding carboxylic acids is 2. The molecule has 26 heavy (non-hydrogen) atoms. The van der Waals surface area contributed by atoms with Crippen molar-refractivity contribution in [3.8, 4) is 0 Å². The van der Waals surface area contributed by atoms with E-state index in [0.717, 1.165) is 30.4 Å². The van der Waals surface area contributed by atoms with Crippen LogP contribution in [-0.2, 0) is 14.3 Å². The van der Waals surface area contributed by atoms with E-state index >= 15 is 0 Å². The number of aliphatic hydroxyl groups is 1. The van der Waals surface area contributed by atoms with E-state index in [4.69, 9.17) is 4.74 Å². The molecule has 0 aromatic rings. The Balaban J connectivity index is 2.52. The van der Waals surface area contributed by atoms with Gasteiger partial charge in [-0.3, -0.25) is 4.79 Å². The van der Waals surface area contributed by atoms with E-state index in [0.29, 0.717) is 36.5 Å². The van der Waals surface area contributed by atoms with Crippen LogP contribution in [0, 0.1) is 11.3 Å². The highest BCUT2D eigenvalue weighted by molar-refractivity contribution is 6.05. The van der Waals surface area contributed by atoms with Crippen LogP contribution in [0.1, 0.15) is 66.2 Å². The van der Waals surface area contributed by atoms with Gasteiger partial charge in [0.1, 0.15) is 0 Å². The van der Waals surface area contributed by atoms with Gasteiger partial charge in [-0.1, -0.05) is 37.6 Å². The third-order valence-electron chi connectivity index (χ3n) is 5.77. The number of carbonyl (C=O) groups is 2. The van der Waals surface area contributed by atoms with Crippen LogP contribution in [0.25, 0.3) is 0 Å². The smallest absolute Gasteiger partial charge is 0.334 e. The van der Waals surface area contributed by atoms with Crippen molar-refractivity contribution >= 4 is 11.8 Å². The Morgan fingerprint density at radius 3 is 2.65 bits per heavy atom. The average Bonchev–Trinajstić information content (AvgIpc) is 2.51. The highest BCUT2D eigenvalue weighted by Crippen LogP contribution is 2.48. The molecule has 144 valence electrons. The van der Waals surface area contributed by atoms with Gasteiger partial charge in [-0.05, 0) is 57.3 Å². The summed E-state index contributed by atoms with van der Waals surface area (Å²) < 4.78 is 5.23. The fourth-order valence-electron chi connectivity index (χ4n) is 4.42. The van der Waals surface area contributed by atoms with Crippen LogP contribution >= 0.6 is 0 Å². The predicted octanol–water partition coefficient (Wildman–Crippen LogP) is 4.29. The summed E-state index contributed by atoms with van der Waals surface area (Å²) in [5.41, 5.74) is 2.65. The number of rotatable bonds is 2. The lowest BCUT2D eigenvalue weighted by atomic mass is 9.62. The molecule has 0 aliphatic heterocycles. The van der Waals surface area contributed by atoms with Crippen molar-refractivity contribution in [2.75, 3.05) is 6.61 Å². The number of fused-ring (bicyclic) bond motifs is 2. The monoisotopic (exact) mass is 360 g/mol. The summed E-state index contributed by atoms with van der Waals surface area (Å²) in [4.78, 5) is 25.6. The molecule has 0 heterocycles. The maximum absolute atomic E-state index is 13.2. The summed E-state index contributed by atoms with van der Waals surface area (Å²) in [6.45, 7) is 12.2. The molecular formula is C22H32O4. The molecule has 2 aliphatic carbocycles. The summed E-state index contributed by atoms with van der Waals surface area (Å²) in [5, 5.41) is 10.2. The van der Waals surface area contributed by atoms with E-state index in [1.165, 1.54) is 0 Å². The molecule has 0 saturated heterocycles. The van der Waals surface area contributed by atoms with Crippen molar-refractivity contribution in [1.29, 1.82) is 0 Å². The van der Waals surface area contributed by atoms with E-state index in [2.05, 4.69) is 20.4 Å². The number of hydrogen-bond acceptors (Lipinski definition) is 4. The molecule has 0 spiro atoms. The van der Waals surface area contributed by atoms with Gasteiger partial charge in [0.2, 0.25) is 0 Å². The first-order valence-electron chi connectivity index (χ1n) is 9.62. The zero-order chi connectivity index (χ0) is 19.5. The van der Waals surface area contributed by atoms with Crippen LogP contribution < -0.4 is 0 Å². The number of esters is 1. The minimum atomic E-state index is -0.610. The Labute approximate surface area is 157 Å². The Bertz CT molecular complexity index is 651. The van der Waals surface area contributed by atoms with E-state index in [9.17, 15) is 14.7 Å². The number of allylic oxidation sites excluding steroid dienone is 2. The van der Waals surface area contributed by atoms with Crippen molar-refractivity contribution in [2.45, 2.75) is 72.3 Å². The third kappa shape index (κ3) is 4.53. The topological polar surface area (TPSA) is 63.6 Å². The largest absolute Gasteiger partial charge is 0.463 e. The molecule has 4 nitrogen and oxygen atoms in total. The first-order chi connectivity index (χ1) is 12.2. The minimum Gasteiger partial charge on any atom is -0.463 e. The standard InChI is InChI=1S/C22H32O4/c1-6-26-21(25)18-10-9-16-8-7-14(2)11-17(23)12-15(3)13-19(24)20(18)22(16,4)5/h12,16-17,23H,2,6-11,13H2,1,3-5H3. The van der Waals surface area contributed by atoms with Gasteiger partial charge in [0.25, 0.3) is 0 Å². The van der Waals surface area contributed by atoms with Crippen molar-refractivity contribution in [1.82, 2.24) is 0 Å². The third-order valence-corrected chi connectivity index (χ3v) is 5.77. The highest BCUT2D eigenvalue weighted by Gasteiger charge is 2.43. The van der Waals surface area contributed by atoms with Crippen LogP contribution in [0.3, 0.4) is 0 Å². The summed E-state index contributed by atoms with van der Waals surface area (Å²) in [6.07, 6.45) is 5.08. The van der Waals surface area contributed by atoms with Gasteiger partial charge in [-0.15, -0.1) is 0 Å². The fourth-order valence-corrected chi connectivity index (χ4v) is 4.42. The van der Waals surface area contributed by atoms with Gasteiger partial charge in [0.05, 0.1) is 12.7 Å². The Morgan fingerprint density at radius 1 is 1.35 bits per heavy atom. The normalized spacial score (nSPS) is 27.3. The van der Waals surface area contributed by atoms with Crippen LogP contribution in [0.15, 0.2) is 34.9 Å². The van der Waals surface area contributed by atoms with Crippen LogP contribution in [0.5, 0.6) is 0 Å². The lowest BCUT2D eigenvalue weighted by molar-refractivity contribution is -0.139. The first kappa shape index (κ1) is 20.6. The molecule has 2 rings (SSSR count). The molecule has 0 amide bonds. The Morgan fingerprint density at radius 2 is 2.00 bits per heavy atom. The molecule has 4 heteroatoms. The molecule has 2 aliphatic rings. The van der Waals surface area contributed by atoms with E-state index in [1.54, 1.807) is 13.0 Å². The maximum atomic E-state index is 13.2. The molecule has 0 aromatic carbocycles. The minimum absolute atomic E-state index is 0.0249. The molecule has 0 saturated carbocycles. The summed E-state index contributed by atoms with van der Waals surface area (Å²) in [6, 6.07) is 0. The van der Waals surface area contributed by atoms with Gasteiger partial charge >= 0.3 is 5.97 Å². The number of hydrogen-bond donors (Lipinski definition) is 1. The summed E-state index contributed by atoms with van der Waals surface area (Å²) >= 11 is 0. The molecule has 2 unspecified atom stereocenters. The van der Waals surface area contributed by atoms with Crippen molar-refractivity contribution in [3.05, 3.63) is 34.9 Å². The van der Waals surface area contributed by atoms with Crippen molar-refractivity contribution in [2.24, 2.45) is 11.3 Å². The van der Waals surface area contributed by atoms with Crippen LogP contribution in [0.4, 0.5) is 0 Å². The number of Topliss-reactive ketones (excluding diaryl/α,β-unsaturated/α-hetero) is 1. The molecular weight excluding hydrogens is 328 g/mol. The lowest BCUT2D eigenvalue weighted by Gasteiger charge is -2.41. The zero-order valence-corrected chi connectivity index (χ0v) is 16.6. The number of ether oxygens (including phenoxy) is 1. The molecule has 0 radical (unpaired) electrons. The van der Waals surface area contributed by atoms with Gasteiger partial charge in [-0.25, -0.2) is 4.79 Å². The molecule has 0 fully saturated rings. The van der Waals surface area contributed by atoms with Crippen LogP contribution in [-0.4, -0.2) is 29.6 Å². The second kappa shape index (κ2) is 8.34. The van der Waals surface area contributed by atoms with Crippen molar-refractivity contribution in [3.63, 3.8) is 0 Å². The predicted molar refractivity (Wildman–Crippen MR) is 103 cm³/mol. The summed E-state index contributed by atoms with van der Waals surface area (Å²) in [7, 11) is 0. The van der Waals surface area contributed by atoms with Gasteiger partial charge < -0.3 is 9.84 Å². The van der Waals surface area contributed by atoms with E-state index < -0.39 is 6.10 Å². The Hall–Kier alpha value is -1.68. The fraction of sp³-hybridized carbons (Fsp3) is 0.636. The number of aliphatic hydroxyl groups excluding tert-OH is 1. The molecule has 2 atom stereocenters. The van der Waals surface area contributed by atoms with Crippen LogP contribution in [0.2, 0.25) is 0 Å². The number of ketones is 1. The zero-order valence-electron chi connectivity index (χ0n) is 16.6. The Kier molecular flexibility index (Phi) is 6.62. The summed E-state index contributed by atoms with van der Waals surface area (Å²) in [5.74, 6) is -0.0825. The molecule has 2 bridgehead atoms. The molecule has 0 aromatic heterocycles. The second-order valence-electron chi connectivity index (χ2n) is 8.20.